The van der Waals surface area contributed by atoms with E-state index >= 15 is 0 Å². The van der Waals surface area contributed by atoms with Crippen LogP contribution in [0.4, 0.5) is 0 Å². The lowest BCUT2D eigenvalue weighted by Gasteiger charge is -2.19. The van der Waals surface area contributed by atoms with E-state index in [1.54, 1.807) is 6.92 Å². The van der Waals surface area contributed by atoms with Crippen molar-refractivity contribution in [3.05, 3.63) is 0 Å². The molecular formula is C16H32N4O6. The van der Waals surface area contributed by atoms with E-state index in [4.69, 9.17) is 15.9 Å². The number of carbonyl (C=O) groups excluding carboxylic acids is 3. The molecule has 1 rings (SSSR count). The van der Waals surface area contributed by atoms with Crippen molar-refractivity contribution in [3.63, 3.8) is 0 Å². The van der Waals surface area contributed by atoms with E-state index in [1.165, 1.54) is 6.92 Å². The van der Waals surface area contributed by atoms with Crippen molar-refractivity contribution in [1.29, 1.82) is 0 Å². The zero-order valence-corrected chi connectivity index (χ0v) is 15.7. The number of carboxylic acids is 1. The molecular weight excluding hydrogens is 344 g/mol. The largest absolute Gasteiger partial charge is 0.481 e. The number of aliphatic hydroxyl groups excluding tert-OH is 1. The van der Waals surface area contributed by atoms with Crippen molar-refractivity contribution in [2.24, 2.45) is 16.9 Å². The quantitative estimate of drug-likeness (QED) is 0.304. The van der Waals surface area contributed by atoms with E-state index in [-0.39, 0.29) is 43.2 Å². The number of carboxylic acid groups (broad SMARTS) is 1. The maximum Gasteiger partial charge on any atom is 0.303 e. The predicted octanol–water partition coefficient (Wildman–Crippen LogP) is -1.30. The van der Waals surface area contributed by atoms with Crippen LogP contribution in [-0.2, 0) is 19.2 Å². The molecule has 1 aliphatic rings. The smallest absolute Gasteiger partial charge is 0.303 e. The predicted molar refractivity (Wildman–Crippen MR) is 95.8 cm³/mol. The molecule has 1 aliphatic carbocycles. The standard InChI is InChI=1S/C12H21N3O4.C2H5NO.C2H6O/c1-12(4-5-12)7-14-11(19)8(2-3-10(17)18)15-9(16)6-13;1-2(3)4;1-2-3/h8H,2-7,13H2,1H3,(H,14,19)(H,15,16)(H,17,18);1H3,(H2,3,4);3H,2H2,1H3. The van der Waals surface area contributed by atoms with Gasteiger partial charge in [-0.25, -0.2) is 0 Å². The Morgan fingerprint density at radius 2 is 1.69 bits per heavy atom. The molecule has 0 saturated heterocycles. The van der Waals surface area contributed by atoms with Crippen molar-refractivity contribution in [3.8, 4) is 0 Å². The van der Waals surface area contributed by atoms with Crippen LogP contribution < -0.4 is 22.1 Å². The zero-order chi connectivity index (χ0) is 20.8. The van der Waals surface area contributed by atoms with Gasteiger partial charge < -0.3 is 32.3 Å². The first-order valence-electron chi connectivity index (χ1n) is 8.37. The Bertz CT molecular complexity index is 462. The minimum atomic E-state index is -1.01. The molecule has 152 valence electrons. The Morgan fingerprint density at radius 3 is 2.04 bits per heavy atom. The van der Waals surface area contributed by atoms with E-state index in [0.717, 1.165) is 12.8 Å². The fourth-order valence-electron chi connectivity index (χ4n) is 1.60. The van der Waals surface area contributed by atoms with Gasteiger partial charge in [-0.15, -0.1) is 0 Å². The van der Waals surface area contributed by atoms with Crippen molar-refractivity contribution in [2.75, 3.05) is 19.7 Å². The highest BCUT2D eigenvalue weighted by molar-refractivity contribution is 5.88. The van der Waals surface area contributed by atoms with Gasteiger partial charge in [-0.05, 0) is 31.6 Å². The van der Waals surface area contributed by atoms with Gasteiger partial charge in [0.05, 0.1) is 6.54 Å². The SMILES string of the molecule is CC(N)=O.CC1(CNC(=O)C(CCC(=O)O)NC(=O)CN)CC1.CCO. The van der Waals surface area contributed by atoms with Crippen LogP contribution in [-0.4, -0.2) is 59.6 Å². The summed E-state index contributed by atoms with van der Waals surface area (Å²) in [6.07, 6.45) is 2.02. The Balaban J connectivity index is 0. The number of nitrogens with one attached hydrogen (secondary N) is 2. The number of primary amides is 1. The lowest BCUT2D eigenvalue weighted by molar-refractivity contribution is -0.138. The molecule has 1 saturated carbocycles. The summed E-state index contributed by atoms with van der Waals surface area (Å²) in [5, 5.41) is 21.4. The Labute approximate surface area is 153 Å². The van der Waals surface area contributed by atoms with Gasteiger partial charge in [0, 0.05) is 26.5 Å². The Hall–Kier alpha value is -2.20. The molecule has 3 amide bonds. The summed E-state index contributed by atoms with van der Waals surface area (Å²) in [4.78, 5) is 42.9. The van der Waals surface area contributed by atoms with Gasteiger partial charge in [-0.2, -0.15) is 0 Å². The summed E-state index contributed by atoms with van der Waals surface area (Å²) >= 11 is 0. The average molecular weight is 376 g/mol. The van der Waals surface area contributed by atoms with E-state index in [9.17, 15) is 19.2 Å². The monoisotopic (exact) mass is 376 g/mol. The summed E-state index contributed by atoms with van der Waals surface area (Å²) in [6, 6.07) is -0.838. The highest BCUT2D eigenvalue weighted by Gasteiger charge is 2.37. The summed E-state index contributed by atoms with van der Waals surface area (Å²) in [5.41, 5.74) is 9.80. The number of aliphatic carboxylic acids is 1. The Morgan fingerprint density at radius 1 is 1.23 bits per heavy atom. The molecule has 10 nitrogen and oxygen atoms in total. The molecule has 0 heterocycles. The van der Waals surface area contributed by atoms with Gasteiger partial charge in [0.1, 0.15) is 6.04 Å². The van der Waals surface area contributed by atoms with E-state index < -0.39 is 17.9 Å². The maximum atomic E-state index is 11.9. The summed E-state index contributed by atoms with van der Waals surface area (Å²) in [7, 11) is 0. The zero-order valence-electron chi connectivity index (χ0n) is 15.7. The Kier molecular flexibility index (Phi) is 14.0. The second-order valence-electron chi connectivity index (χ2n) is 6.21. The molecule has 1 unspecified atom stereocenters. The topological polar surface area (TPSA) is 185 Å². The lowest BCUT2D eigenvalue weighted by Crippen LogP contribution is -2.49. The molecule has 10 heteroatoms. The van der Waals surface area contributed by atoms with Crippen LogP contribution in [0.2, 0.25) is 0 Å². The molecule has 1 fully saturated rings. The molecule has 0 bridgehead atoms. The van der Waals surface area contributed by atoms with Gasteiger partial charge >= 0.3 is 5.97 Å². The van der Waals surface area contributed by atoms with E-state index in [2.05, 4.69) is 23.3 Å². The number of aliphatic hydroxyl groups is 1. The molecule has 0 aliphatic heterocycles. The third kappa shape index (κ3) is 16.7. The van der Waals surface area contributed by atoms with E-state index in [0.29, 0.717) is 6.54 Å². The second kappa shape index (κ2) is 14.0. The molecule has 0 radical (unpaired) electrons. The summed E-state index contributed by atoms with van der Waals surface area (Å²) in [6.45, 7) is 5.63. The highest BCUT2D eigenvalue weighted by Crippen LogP contribution is 2.44. The molecule has 26 heavy (non-hydrogen) atoms. The van der Waals surface area contributed by atoms with Gasteiger partial charge in [0.25, 0.3) is 0 Å². The van der Waals surface area contributed by atoms with Crippen LogP contribution in [0.5, 0.6) is 0 Å². The first-order chi connectivity index (χ1) is 12.0. The van der Waals surface area contributed by atoms with Crippen molar-refractivity contribution >= 4 is 23.7 Å². The molecule has 0 spiro atoms. The first kappa shape index (κ1) is 26.0. The van der Waals surface area contributed by atoms with Crippen molar-refractivity contribution in [1.82, 2.24) is 10.6 Å². The van der Waals surface area contributed by atoms with Gasteiger partial charge in [0.15, 0.2) is 0 Å². The third-order valence-corrected chi connectivity index (χ3v) is 3.28. The van der Waals surface area contributed by atoms with Gasteiger partial charge in [-0.3, -0.25) is 19.2 Å². The highest BCUT2D eigenvalue weighted by atomic mass is 16.4. The van der Waals surface area contributed by atoms with Crippen LogP contribution in [0.25, 0.3) is 0 Å². The molecule has 0 aromatic carbocycles. The molecule has 0 aromatic heterocycles. The lowest BCUT2D eigenvalue weighted by atomic mass is 10.1. The van der Waals surface area contributed by atoms with Crippen LogP contribution in [0.3, 0.4) is 0 Å². The van der Waals surface area contributed by atoms with Crippen molar-refractivity contribution in [2.45, 2.75) is 52.5 Å². The minimum Gasteiger partial charge on any atom is -0.481 e. The van der Waals surface area contributed by atoms with Crippen LogP contribution in [0, 0.1) is 5.41 Å². The van der Waals surface area contributed by atoms with Crippen molar-refractivity contribution < 1.29 is 29.4 Å². The number of amides is 3. The fourth-order valence-corrected chi connectivity index (χ4v) is 1.60. The van der Waals surface area contributed by atoms with Crippen LogP contribution >= 0.6 is 0 Å². The first-order valence-corrected chi connectivity index (χ1v) is 8.37. The maximum absolute atomic E-state index is 11.9. The number of hydrogen-bond acceptors (Lipinski definition) is 6. The fraction of sp³-hybridized carbons (Fsp3) is 0.750. The number of carbonyl (C=O) groups is 4. The number of hydrogen-bond donors (Lipinski definition) is 6. The van der Waals surface area contributed by atoms with Crippen LogP contribution in [0.1, 0.15) is 46.5 Å². The molecule has 8 N–H and O–H groups in total. The molecule has 0 aromatic rings. The number of nitrogens with two attached hydrogens (primary N) is 2. The number of rotatable bonds is 8. The van der Waals surface area contributed by atoms with Gasteiger partial charge in [-0.1, -0.05) is 6.92 Å². The average Bonchev–Trinajstić information content (AvgIpc) is 3.27. The van der Waals surface area contributed by atoms with E-state index in [1.807, 2.05) is 0 Å². The summed E-state index contributed by atoms with van der Waals surface area (Å²) in [5.74, 6) is -2.16. The minimum absolute atomic E-state index is 0.0591. The molecule has 1 atom stereocenters. The van der Waals surface area contributed by atoms with Gasteiger partial charge in [0.2, 0.25) is 17.7 Å². The van der Waals surface area contributed by atoms with Crippen LogP contribution in [0.15, 0.2) is 0 Å². The second-order valence-corrected chi connectivity index (χ2v) is 6.21. The summed E-state index contributed by atoms with van der Waals surface area (Å²) < 4.78 is 0. The third-order valence-electron chi connectivity index (χ3n) is 3.28. The normalized spacial score (nSPS) is 14.3.